The Bertz CT molecular complexity index is 681. The molecule has 20 heavy (non-hydrogen) atoms. The number of carbonyl (C=O) groups is 2. The standard InChI is InChI=1S/C15H10Cl2O3/c16-12-7-3-6-11(14(12)17)13(18)8-9-4-1-2-5-10(9)15(19)20/h1-7H,8H2,(H,19,20). The number of hydrogen-bond donors (Lipinski definition) is 1. The Hall–Kier alpha value is -1.84. The number of carbonyl (C=O) groups excluding carboxylic acids is 1. The van der Waals surface area contributed by atoms with Gasteiger partial charge in [0.05, 0.1) is 15.6 Å². The summed E-state index contributed by atoms with van der Waals surface area (Å²) in [4.78, 5) is 23.3. The van der Waals surface area contributed by atoms with Crippen molar-refractivity contribution in [2.45, 2.75) is 6.42 Å². The lowest BCUT2D eigenvalue weighted by atomic mass is 9.99. The molecule has 0 radical (unpaired) electrons. The maximum Gasteiger partial charge on any atom is 0.335 e. The Kier molecular flexibility index (Phi) is 4.42. The van der Waals surface area contributed by atoms with Crippen LogP contribution in [0.1, 0.15) is 26.3 Å². The summed E-state index contributed by atoms with van der Waals surface area (Å²) in [5.41, 5.74) is 0.847. The molecule has 0 bridgehead atoms. The Labute approximate surface area is 125 Å². The average Bonchev–Trinajstić information content (AvgIpc) is 2.42. The Morgan fingerprint density at radius 3 is 2.30 bits per heavy atom. The van der Waals surface area contributed by atoms with E-state index in [9.17, 15) is 9.59 Å². The molecule has 2 rings (SSSR count). The maximum atomic E-state index is 12.2. The molecule has 0 unspecified atom stereocenters. The van der Waals surface area contributed by atoms with Crippen LogP contribution in [0.15, 0.2) is 42.5 Å². The Morgan fingerprint density at radius 2 is 1.60 bits per heavy atom. The molecule has 0 amide bonds. The van der Waals surface area contributed by atoms with Gasteiger partial charge in [0.1, 0.15) is 0 Å². The van der Waals surface area contributed by atoms with Crippen LogP contribution >= 0.6 is 23.2 Å². The lowest BCUT2D eigenvalue weighted by Crippen LogP contribution is -2.09. The Morgan fingerprint density at radius 1 is 0.950 bits per heavy atom. The minimum absolute atomic E-state index is 0.0392. The van der Waals surface area contributed by atoms with E-state index >= 15 is 0 Å². The minimum Gasteiger partial charge on any atom is -0.478 e. The van der Waals surface area contributed by atoms with E-state index in [2.05, 4.69) is 0 Å². The Balaban J connectivity index is 2.33. The zero-order valence-corrected chi connectivity index (χ0v) is 11.8. The highest BCUT2D eigenvalue weighted by molar-refractivity contribution is 6.43. The van der Waals surface area contributed by atoms with E-state index in [1.54, 1.807) is 36.4 Å². The van der Waals surface area contributed by atoms with Gasteiger partial charge in [-0.15, -0.1) is 0 Å². The van der Waals surface area contributed by atoms with Gasteiger partial charge in [0.25, 0.3) is 0 Å². The minimum atomic E-state index is -1.06. The molecule has 3 nitrogen and oxygen atoms in total. The first-order valence-corrected chi connectivity index (χ1v) is 6.54. The summed E-state index contributed by atoms with van der Waals surface area (Å²) in [5.74, 6) is -1.34. The summed E-state index contributed by atoms with van der Waals surface area (Å²) in [5, 5.41) is 9.57. The fourth-order valence-corrected chi connectivity index (χ4v) is 2.28. The van der Waals surface area contributed by atoms with Crippen molar-refractivity contribution < 1.29 is 14.7 Å². The van der Waals surface area contributed by atoms with Crippen LogP contribution in [0, 0.1) is 0 Å². The van der Waals surface area contributed by atoms with Crippen LogP contribution in [-0.4, -0.2) is 16.9 Å². The zero-order valence-electron chi connectivity index (χ0n) is 10.3. The highest BCUT2D eigenvalue weighted by Gasteiger charge is 2.16. The summed E-state index contributed by atoms with van der Waals surface area (Å²) in [6.07, 6.45) is -0.0392. The second-order valence-electron chi connectivity index (χ2n) is 4.16. The van der Waals surface area contributed by atoms with E-state index in [1.807, 2.05) is 0 Å². The number of ketones is 1. The molecule has 2 aromatic rings. The number of carboxylic acid groups (broad SMARTS) is 1. The first-order valence-electron chi connectivity index (χ1n) is 5.79. The summed E-state index contributed by atoms with van der Waals surface area (Å²) < 4.78 is 0. The predicted molar refractivity (Wildman–Crippen MR) is 77.9 cm³/mol. The van der Waals surface area contributed by atoms with Crippen LogP contribution in [0.2, 0.25) is 10.0 Å². The van der Waals surface area contributed by atoms with Gasteiger partial charge in [-0.05, 0) is 23.8 Å². The number of benzene rings is 2. The molecule has 0 fully saturated rings. The molecule has 102 valence electrons. The maximum absolute atomic E-state index is 12.2. The summed E-state index contributed by atoms with van der Waals surface area (Å²) in [6, 6.07) is 11.2. The van der Waals surface area contributed by atoms with Crippen LogP contribution in [0.25, 0.3) is 0 Å². The van der Waals surface area contributed by atoms with Crippen LogP contribution in [0.5, 0.6) is 0 Å². The topological polar surface area (TPSA) is 54.4 Å². The molecule has 2 aromatic carbocycles. The van der Waals surface area contributed by atoms with Crippen LogP contribution in [-0.2, 0) is 6.42 Å². The lowest BCUT2D eigenvalue weighted by molar-refractivity contribution is 0.0696. The third-order valence-corrected chi connectivity index (χ3v) is 3.67. The van der Waals surface area contributed by atoms with Crippen molar-refractivity contribution in [2.75, 3.05) is 0 Å². The fourth-order valence-electron chi connectivity index (χ4n) is 1.87. The van der Waals surface area contributed by atoms with E-state index in [-0.39, 0.29) is 22.8 Å². The van der Waals surface area contributed by atoms with E-state index in [4.69, 9.17) is 28.3 Å². The number of aromatic carboxylic acids is 1. The van der Waals surface area contributed by atoms with Gasteiger partial charge >= 0.3 is 5.97 Å². The van der Waals surface area contributed by atoms with E-state index in [0.717, 1.165) is 0 Å². The van der Waals surface area contributed by atoms with Gasteiger partial charge in [-0.2, -0.15) is 0 Å². The first kappa shape index (κ1) is 14.6. The van der Waals surface area contributed by atoms with Gasteiger partial charge in [-0.3, -0.25) is 4.79 Å². The number of Topliss-reactive ketones (excluding diaryl/α,β-unsaturated/α-hetero) is 1. The molecule has 0 saturated heterocycles. The zero-order chi connectivity index (χ0) is 14.7. The van der Waals surface area contributed by atoms with Gasteiger partial charge in [0, 0.05) is 12.0 Å². The van der Waals surface area contributed by atoms with Gasteiger partial charge in [-0.25, -0.2) is 4.79 Å². The molecule has 5 heteroatoms. The quantitative estimate of drug-likeness (QED) is 0.864. The number of carboxylic acids is 1. The van der Waals surface area contributed by atoms with Gasteiger partial charge in [0.2, 0.25) is 0 Å². The smallest absolute Gasteiger partial charge is 0.335 e. The van der Waals surface area contributed by atoms with Crippen molar-refractivity contribution in [3.63, 3.8) is 0 Å². The third kappa shape index (κ3) is 3.00. The SMILES string of the molecule is O=C(O)c1ccccc1CC(=O)c1cccc(Cl)c1Cl. The van der Waals surface area contributed by atoms with Crippen LogP contribution in [0.3, 0.4) is 0 Å². The average molecular weight is 309 g/mol. The van der Waals surface area contributed by atoms with Crippen molar-refractivity contribution in [1.82, 2.24) is 0 Å². The summed E-state index contributed by atoms with van der Waals surface area (Å²) in [6.45, 7) is 0. The summed E-state index contributed by atoms with van der Waals surface area (Å²) in [7, 11) is 0. The third-order valence-electron chi connectivity index (χ3n) is 2.85. The predicted octanol–water partition coefficient (Wildman–Crippen LogP) is 4.12. The molecule has 0 spiro atoms. The molecule has 0 heterocycles. The fraction of sp³-hybridized carbons (Fsp3) is 0.0667. The molecular weight excluding hydrogens is 299 g/mol. The lowest BCUT2D eigenvalue weighted by Gasteiger charge is -2.07. The largest absolute Gasteiger partial charge is 0.478 e. The second-order valence-corrected chi connectivity index (χ2v) is 4.95. The van der Waals surface area contributed by atoms with Crippen molar-refractivity contribution in [3.05, 3.63) is 69.2 Å². The molecule has 0 aliphatic heterocycles. The molecule has 0 aliphatic rings. The monoisotopic (exact) mass is 308 g/mol. The molecule has 0 atom stereocenters. The van der Waals surface area contributed by atoms with Crippen molar-refractivity contribution >= 4 is 35.0 Å². The normalized spacial score (nSPS) is 10.3. The van der Waals surface area contributed by atoms with Crippen molar-refractivity contribution in [2.24, 2.45) is 0 Å². The van der Waals surface area contributed by atoms with E-state index in [0.29, 0.717) is 16.1 Å². The van der Waals surface area contributed by atoms with Crippen LogP contribution in [0.4, 0.5) is 0 Å². The number of rotatable bonds is 4. The highest BCUT2D eigenvalue weighted by atomic mass is 35.5. The summed E-state index contributed by atoms with van der Waals surface area (Å²) >= 11 is 11.9. The van der Waals surface area contributed by atoms with E-state index < -0.39 is 5.97 Å². The second kappa shape index (κ2) is 6.07. The van der Waals surface area contributed by atoms with Gasteiger partial charge in [-0.1, -0.05) is 47.5 Å². The number of halogens is 2. The molecular formula is C15H10Cl2O3. The van der Waals surface area contributed by atoms with E-state index in [1.165, 1.54) is 6.07 Å². The highest BCUT2D eigenvalue weighted by Crippen LogP contribution is 2.26. The van der Waals surface area contributed by atoms with Crippen molar-refractivity contribution in [3.8, 4) is 0 Å². The van der Waals surface area contributed by atoms with Crippen molar-refractivity contribution in [1.29, 1.82) is 0 Å². The molecule has 0 aromatic heterocycles. The van der Waals surface area contributed by atoms with Gasteiger partial charge in [0.15, 0.2) is 5.78 Å². The first-order chi connectivity index (χ1) is 9.50. The molecule has 0 saturated carbocycles. The van der Waals surface area contributed by atoms with Gasteiger partial charge < -0.3 is 5.11 Å². The molecule has 1 N–H and O–H groups in total. The number of hydrogen-bond acceptors (Lipinski definition) is 2. The van der Waals surface area contributed by atoms with Crippen LogP contribution < -0.4 is 0 Å². The molecule has 0 aliphatic carbocycles.